The van der Waals surface area contributed by atoms with Gasteiger partial charge in [-0.1, -0.05) is 43.6 Å². The van der Waals surface area contributed by atoms with Crippen molar-refractivity contribution >= 4 is 17.5 Å². The van der Waals surface area contributed by atoms with Crippen molar-refractivity contribution < 1.29 is 4.79 Å². The predicted molar refractivity (Wildman–Crippen MR) is 75.5 cm³/mol. The Bertz CT molecular complexity index is 407. The zero-order valence-electron chi connectivity index (χ0n) is 11.2. The van der Waals surface area contributed by atoms with E-state index in [4.69, 9.17) is 17.3 Å². The van der Waals surface area contributed by atoms with Gasteiger partial charge in [-0.2, -0.15) is 0 Å². The van der Waals surface area contributed by atoms with Gasteiger partial charge in [0.1, 0.15) is 0 Å². The average molecular weight is 269 g/mol. The van der Waals surface area contributed by atoms with E-state index in [1.165, 1.54) is 0 Å². The minimum atomic E-state index is -0.0160. The van der Waals surface area contributed by atoms with Crippen LogP contribution < -0.4 is 5.73 Å². The molecule has 4 heteroatoms. The molecule has 0 heterocycles. The molecule has 1 amide bonds. The van der Waals surface area contributed by atoms with Crippen molar-refractivity contribution in [1.29, 1.82) is 0 Å². The summed E-state index contributed by atoms with van der Waals surface area (Å²) in [5.41, 5.74) is 6.43. The van der Waals surface area contributed by atoms with E-state index in [9.17, 15) is 4.79 Å². The van der Waals surface area contributed by atoms with Crippen LogP contribution in [0.15, 0.2) is 24.3 Å². The minimum Gasteiger partial charge on any atom is -0.338 e. The first-order valence-electron chi connectivity index (χ1n) is 6.19. The molecular weight excluding hydrogens is 248 g/mol. The Labute approximate surface area is 114 Å². The number of rotatable bonds is 5. The van der Waals surface area contributed by atoms with Gasteiger partial charge in [0.15, 0.2) is 0 Å². The Morgan fingerprint density at radius 2 is 2.00 bits per heavy atom. The van der Waals surface area contributed by atoms with Gasteiger partial charge >= 0.3 is 0 Å². The van der Waals surface area contributed by atoms with Crippen LogP contribution in [0, 0.1) is 5.92 Å². The Morgan fingerprint density at radius 3 is 2.50 bits per heavy atom. The summed E-state index contributed by atoms with van der Waals surface area (Å²) < 4.78 is 0. The van der Waals surface area contributed by atoms with Crippen LogP contribution in [0.4, 0.5) is 0 Å². The molecule has 1 rings (SSSR count). The summed E-state index contributed by atoms with van der Waals surface area (Å²) in [5, 5.41) is 0.698. The predicted octanol–water partition coefficient (Wildman–Crippen LogP) is 2.84. The molecule has 2 N–H and O–H groups in total. The van der Waals surface area contributed by atoms with Gasteiger partial charge in [-0.15, -0.1) is 0 Å². The van der Waals surface area contributed by atoms with Gasteiger partial charge in [-0.3, -0.25) is 4.79 Å². The third-order valence-electron chi connectivity index (χ3n) is 3.02. The van der Waals surface area contributed by atoms with E-state index in [0.717, 1.165) is 5.56 Å². The van der Waals surface area contributed by atoms with Crippen LogP contribution in [0.5, 0.6) is 0 Å². The van der Waals surface area contributed by atoms with Gasteiger partial charge in [0, 0.05) is 25.0 Å². The van der Waals surface area contributed by atoms with Crippen LogP contribution in [0.2, 0.25) is 5.02 Å². The third kappa shape index (κ3) is 3.47. The van der Waals surface area contributed by atoms with Crippen LogP contribution >= 0.6 is 11.6 Å². The van der Waals surface area contributed by atoms with Crippen LogP contribution in [-0.2, 0) is 4.79 Å². The lowest BCUT2D eigenvalue weighted by molar-refractivity contribution is -0.132. The molecule has 0 unspecified atom stereocenters. The zero-order valence-corrected chi connectivity index (χ0v) is 11.9. The van der Waals surface area contributed by atoms with Gasteiger partial charge in [0.05, 0.1) is 6.04 Å². The van der Waals surface area contributed by atoms with Crippen LogP contribution in [-0.4, -0.2) is 24.4 Å². The zero-order chi connectivity index (χ0) is 13.7. The topological polar surface area (TPSA) is 46.3 Å². The van der Waals surface area contributed by atoms with Crippen molar-refractivity contribution in [3.05, 3.63) is 34.9 Å². The maximum absolute atomic E-state index is 12.0. The normalized spacial score (nSPS) is 12.6. The molecule has 0 fully saturated rings. The molecule has 0 spiro atoms. The number of nitrogens with two attached hydrogens (primary N) is 1. The standard InChI is InChI=1S/C14H21ClN2O/c1-10(2)14(17(3)13(18)8-9-16)11-6-4-5-7-12(11)15/h4-7,10,14H,8-9,16H2,1-3H3/t14-/m1/s1. The van der Waals surface area contributed by atoms with Gasteiger partial charge in [-0.05, 0) is 17.5 Å². The molecule has 0 aliphatic heterocycles. The number of carbonyl (C=O) groups is 1. The number of benzene rings is 1. The SMILES string of the molecule is CC(C)[C@H](c1ccccc1Cl)N(C)C(=O)CCN. The fraction of sp³-hybridized carbons (Fsp3) is 0.500. The first kappa shape index (κ1) is 15.0. The van der Waals surface area contributed by atoms with Crippen molar-refractivity contribution in [2.24, 2.45) is 11.7 Å². The quantitative estimate of drug-likeness (QED) is 0.893. The highest BCUT2D eigenvalue weighted by molar-refractivity contribution is 6.31. The second-order valence-corrected chi connectivity index (χ2v) is 5.16. The highest BCUT2D eigenvalue weighted by atomic mass is 35.5. The van der Waals surface area contributed by atoms with Crippen molar-refractivity contribution in [3.8, 4) is 0 Å². The van der Waals surface area contributed by atoms with Gasteiger partial charge in [-0.25, -0.2) is 0 Å². The van der Waals surface area contributed by atoms with Crippen LogP contribution in [0.25, 0.3) is 0 Å². The molecule has 1 aromatic carbocycles. The van der Waals surface area contributed by atoms with Crippen molar-refractivity contribution in [2.75, 3.05) is 13.6 Å². The summed E-state index contributed by atoms with van der Waals surface area (Å²) in [6.07, 6.45) is 0.365. The van der Waals surface area contributed by atoms with Gasteiger partial charge in [0.25, 0.3) is 0 Å². The maximum Gasteiger partial charge on any atom is 0.224 e. The number of hydrogen-bond donors (Lipinski definition) is 1. The molecule has 0 saturated carbocycles. The molecule has 0 aliphatic carbocycles. The summed E-state index contributed by atoms with van der Waals surface area (Å²) >= 11 is 6.23. The molecule has 0 saturated heterocycles. The lowest BCUT2D eigenvalue weighted by Gasteiger charge is -2.32. The summed E-state index contributed by atoms with van der Waals surface area (Å²) in [5.74, 6) is 0.341. The highest BCUT2D eigenvalue weighted by Crippen LogP contribution is 2.32. The Balaban J connectivity index is 3.04. The number of hydrogen-bond acceptors (Lipinski definition) is 2. The lowest BCUT2D eigenvalue weighted by Crippen LogP contribution is -2.35. The fourth-order valence-corrected chi connectivity index (χ4v) is 2.43. The van der Waals surface area contributed by atoms with Crippen molar-refractivity contribution in [2.45, 2.75) is 26.3 Å². The van der Waals surface area contributed by atoms with E-state index in [1.54, 1.807) is 4.90 Å². The number of amides is 1. The first-order chi connectivity index (χ1) is 8.49. The second kappa shape index (κ2) is 6.76. The van der Waals surface area contributed by atoms with Crippen molar-refractivity contribution in [3.63, 3.8) is 0 Å². The molecule has 0 aliphatic rings. The van der Waals surface area contributed by atoms with E-state index in [-0.39, 0.29) is 17.9 Å². The lowest BCUT2D eigenvalue weighted by atomic mass is 9.94. The summed E-state index contributed by atoms with van der Waals surface area (Å²) in [4.78, 5) is 13.7. The Hall–Kier alpha value is -1.06. The van der Waals surface area contributed by atoms with E-state index < -0.39 is 0 Å². The first-order valence-corrected chi connectivity index (χ1v) is 6.57. The van der Waals surface area contributed by atoms with Crippen LogP contribution in [0.1, 0.15) is 31.9 Å². The van der Waals surface area contributed by atoms with Gasteiger partial charge in [0.2, 0.25) is 5.91 Å². The number of nitrogens with zero attached hydrogens (tertiary/aromatic N) is 1. The molecule has 18 heavy (non-hydrogen) atoms. The third-order valence-corrected chi connectivity index (χ3v) is 3.37. The Morgan fingerprint density at radius 1 is 1.39 bits per heavy atom. The summed E-state index contributed by atoms with van der Waals surface area (Å²) in [6, 6.07) is 7.65. The van der Waals surface area contributed by atoms with Crippen molar-refractivity contribution in [1.82, 2.24) is 4.90 Å². The Kier molecular flexibility index (Phi) is 5.63. The molecule has 1 aromatic rings. The average Bonchev–Trinajstić information content (AvgIpc) is 2.31. The smallest absolute Gasteiger partial charge is 0.224 e. The largest absolute Gasteiger partial charge is 0.338 e. The summed E-state index contributed by atoms with van der Waals surface area (Å²) in [7, 11) is 1.81. The minimum absolute atomic E-state index is 0.0160. The monoisotopic (exact) mass is 268 g/mol. The van der Waals surface area contributed by atoms with E-state index in [1.807, 2.05) is 31.3 Å². The summed E-state index contributed by atoms with van der Waals surface area (Å²) in [6.45, 7) is 4.54. The number of carbonyl (C=O) groups excluding carboxylic acids is 1. The molecule has 1 atom stereocenters. The number of halogens is 1. The van der Waals surface area contributed by atoms with E-state index in [0.29, 0.717) is 18.0 Å². The maximum atomic E-state index is 12.0. The molecule has 0 bridgehead atoms. The molecule has 100 valence electrons. The highest BCUT2D eigenvalue weighted by Gasteiger charge is 2.25. The molecule has 0 aromatic heterocycles. The molecule has 0 radical (unpaired) electrons. The van der Waals surface area contributed by atoms with E-state index >= 15 is 0 Å². The second-order valence-electron chi connectivity index (χ2n) is 4.75. The van der Waals surface area contributed by atoms with Gasteiger partial charge < -0.3 is 10.6 Å². The van der Waals surface area contributed by atoms with Crippen LogP contribution in [0.3, 0.4) is 0 Å². The fourth-order valence-electron chi connectivity index (χ4n) is 2.18. The molecule has 3 nitrogen and oxygen atoms in total. The molecular formula is C14H21ClN2O. The van der Waals surface area contributed by atoms with E-state index in [2.05, 4.69) is 13.8 Å².